The summed E-state index contributed by atoms with van der Waals surface area (Å²) in [5.74, 6) is 1.46. The smallest absolute Gasteiger partial charge is 0.145 e. The highest BCUT2D eigenvalue weighted by Crippen LogP contribution is 2.20. The van der Waals surface area contributed by atoms with Crippen molar-refractivity contribution in [2.24, 2.45) is 5.92 Å². The van der Waals surface area contributed by atoms with Crippen LogP contribution in [0.15, 0.2) is 17.5 Å². The fourth-order valence-corrected chi connectivity index (χ4v) is 3.65. The molecule has 1 N–H and O–H groups in total. The van der Waals surface area contributed by atoms with Gasteiger partial charge >= 0.3 is 0 Å². The second-order valence-electron chi connectivity index (χ2n) is 6.43. The average Bonchev–Trinajstić information content (AvgIpc) is 3.00. The molecule has 1 saturated heterocycles. The maximum Gasteiger partial charge on any atom is 0.145 e. The molecule has 5 nitrogen and oxygen atoms in total. The normalized spacial score (nSPS) is 16.0. The highest BCUT2D eigenvalue weighted by Gasteiger charge is 2.19. The lowest BCUT2D eigenvalue weighted by atomic mass is 9.96. The molecule has 3 rings (SSSR count). The minimum absolute atomic E-state index is 0.508. The van der Waals surface area contributed by atoms with Gasteiger partial charge in [0, 0.05) is 18.5 Å². The van der Waals surface area contributed by atoms with Gasteiger partial charge in [0.2, 0.25) is 0 Å². The summed E-state index contributed by atoms with van der Waals surface area (Å²) in [4.78, 5) is 11.4. The maximum atomic E-state index is 9.06. The zero-order valence-electron chi connectivity index (χ0n) is 14.2. The first-order valence-corrected chi connectivity index (χ1v) is 9.27. The van der Waals surface area contributed by atoms with Gasteiger partial charge in [-0.25, -0.2) is 9.97 Å². The molecule has 0 atom stereocenters. The molecule has 3 heterocycles. The number of rotatable bonds is 5. The Hall–Kier alpha value is -1.97. The Bertz CT molecular complexity index is 725. The van der Waals surface area contributed by atoms with Crippen molar-refractivity contribution in [1.82, 2.24) is 14.9 Å². The number of piperidine rings is 1. The standard InChI is InChI=1S/C18H23N5S/c1-13-3-4-18(22-17(13)9-19)20-10-15-5-7-23(8-6-15)11-16-12-24-14(2)21-16/h3-4,12,15H,5-8,10-11H2,1-2H3,(H,20,22). The first-order valence-electron chi connectivity index (χ1n) is 8.39. The Labute approximate surface area is 147 Å². The summed E-state index contributed by atoms with van der Waals surface area (Å²) < 4.78 is 0. The molecule has 1 fully saturated rings. The van der Waals surface area contributed by atoms with Gasteiger partial charge in [-0.15, -0.1) is 11.3 Å². The Morgan fingerprint density at radius 3 is 2.75 bits per heavy atom. The minimum Gasteiger partial charge on any atom is -0.370 e. The third-order valence-corrected chi connectivity index (χ3v) is 5.36. The highest BCUT2D eigenvalue weighted by atomic mass is 32.1. The number of hydrogen-bond donors (Lipinski definition) is 1. The molecule has 0 amide bonds. The third-order valence-electron chi connectivity index (χ3n) is 4.53. The number of hydrogen-bond acceptors (Lipinski definition) is 6. The molecular weight excluding hydrogens is 318 g/mol. The number of nitrogens with one attached hydrogen (secondary N) is 1. The lowest BCUT2D eigenvalue weighted by molar-refractivity contribution is 0.181. The fraction of sp³-hybridized carbons (Fsp3) is 0.500. The van der Waals surface area contributed by atoms with Gasteiger partial charge in [-0.2, -0.15) is 5.26 Å². The molecule has 1 aliphatic rings. The van der Waals surface area contributed by atoms with Crippen molar-refractivity contribution >= 4 is 17.2 Å². The van der Waals surface area contributed by atoms with Gasteiger partial charge in [-0.1, -0.05) is 6.07 Å². The molecule has 2 aromatic heterocycles. The molecule has 0 saturated carbocycles. The van der Waals surface area contributed by atoms with Crippen LogP contribution < -0.4 is 5.32 Å². The summed E-state index contributed by atoms with van der Waals surface area (Å²) in [5, 5.41) is 15.8. The van der Waals surface area contributed by atoms with Crippen LogP contribution in [-0.4, -0.2) is 34.5 Å². The molecule has 0 aliphatic carbocycles. The Morgan fingerprint density at radius 2 is 2.08 bits per heavy atom. The summed E-state index contributed by atoms with van der Waals surface area (Å²) in [7, 11) is 0. The second kappa shape index (κ2) is 7.73. The van der Waals surface area contributed by atoms with E-state index in [-0.39, 0.29) is 0 Å². The van der Waals surface area contributed by atoms with Crippen LogP contribution in [-0.2, 0) is 6.54 Å². The molecular formula is C18H23N5S. The van der Waals surface area contributed by atoms with E-state index < -0.39 is 0 Å². The van der Waals surface area contributed by atoms with E-state index in [4.69, 9.17) is 5.26 Å². The number of likely N-dealkylation sites (tertiary alicyclic amines) is 1. The van der Waals surface area contributed by atoms with Gasteiger partial charge in [0.15, 0.2) is 0 Å². The van der Waals surface area contributed by atoms with Gasteiger partial charge in [-0.05, 0) is 57.3 Å². The van der Waals surface area contributed by atoms with E-state index >= 15 is 0 Å². The molecule has 0 radical (unpaired) electrons. The van der Waals surface area contributed by atoms with E-state index in [1.807, 2.05) is 19.1 Å². The Balaban J connectivity index is 1.45. The molecule has 0 spiro atoms. The molecule has 0 unspecified atom stereocenters. The van der Waals surface area contributed by atoms with Crippen LogP contribution in [0.5, 0.6) is 0 Å². The Kier molecular flexibility index (Phi) is 5.44. The van der Waals surface area contributed by atoms with Crippen molar-refractivity contribution in [3.63, 3.8) is 0 Å². The highest BCUT2D eigenvalue weighted by molar-refractivity contribution is 7.09. The summed E-state index contributed by atoms with van der Waals surface area (Å²) in [5.41, 5.74) is 2.63. The van der Waals surface area contributed by atoms with Gasteiger partial charge < -0.3 is 5.32 Å². The van der Waals surface area contributed by atoms with Gasteiger partial charge in [0.25, 0.3) is 0 Å². The molecule has 126 valence electrons. The number of aryl methyl sites for hydroxylation is 2. The average molecular weight is 341 g/mol. The van der Waals surface area contributed by atoms with Crippen LogP contribution in [0.3, 0.4) is 0 Å². The molecule has 6 heteroatoms. The number of pyridine rings is 1. The maximum absolute atomic E-state index is 9.06. The number of nitriles is 1. The number of thiazole rings is 1. The van der Waals surface area contributed by atoms with Crippen molar-refractivity contribution in [3.05, 3.63) is 39.5 Å². The first-order chi connectivity index (χ1) is 11.6. The predicted molar refractivity (Wildman–Crippen MR) is 97.0 cm³/mol. The summed E-state index contributed by atoms with van der Waals surface area (Å²) in [6.07, 6.45) is 2.38. The van der Waals surface area contributed by atoms with Crippen LogP contribution in [0.1, 0.15) is 34.8 Å². The van der Waals surface area contributed by atoms with Crippen LogP contribution in [0.25, 0.3) is 0 Å². The van der Waals surface area contributed by atoms with Crippen LogP contribution in [0.2, 0.25) is 0 Å². The van der Waals surface area contributed by atoms with Crippen molar-refractivity contribution in [2.45, 2.75) is 33.2 Å². The van der Waals surface area contributed by atoms with Crippen molar-refractivity contribution in [3.8, 4) is 6.07 Å². The van der Waals surface area contributed by atoms with E-state index in [1.54, 1.807) is 11.3 Å². The predicted octanol–water partition coefficient (Wildman–Crippen LogP) is 3.35. The quantitative estimate of drug-likeness (QED) is 0.903. The molecule has 0 bridgehead atoms. The summed E-state index contributed by atoms with van der Waals surface area (Å²) in [6.45, 7) is 8.10. The number of anilines is 1. The summed E-state index contributed by atoms with van der Waals surface area (Å²) in [6, 6.07) is 6.05. The van der Waals surface area contributed by atoms with Crippen molar-refractivity contribution in [2.75, 3.05) is 25.0 Å². The van der Waals surface area contributed by atoms with Crippen molar-refractivity contribution in [1.29, 1.82) is 5.26 Å². The lowest BCUT2D eigenvalue weighted by Gasteiger charge is -2.31. The third kappa shape index (κ3) is 4.31. The molecule has 0 aromatic carbocycles. The molecule has 1 aliphatic heterocycles. The molecule has 24 heavy (non-hydrogen) atoms. The fourth-order valence-electron chi connectivity index (χ4n) is 3.05. The number of aromatic nitrogens is 2. The Morgan fingerprint density at radius 1 is 1.29 bits per heavy atom. The van der Waals surface area contributed by atoms with E-state index in [0.717, 1.165) is 42.6 Å². The number of nitrogens with zero attached hydrogens (tertiary/aromatic N) is 4. The van der Waals surface area contributed by atoms with Crippen LogP contribution in [0, 0.1) is 31.1 Å². The summed E-state index contributed by atoms with van der Waals surface area (Å²) >= 11 is 1.73. The first kappa shape index (κ1) is 16.9. The van der Waals surface area contributed by atoms with Crippen molar-refractivity contribution < 1.29 is 0 Å². The van der Waals surface area contributed by atoms with Gasteiger partial charge in [0.05, 0.1) is 10.7 Å². The second-order valence-corrected chi connectivity index (χ2v) is 7.49. The lowest BCUT2D eigenvalue weighted by Crippen LogP contribution is -2.35. The van der Waals surface area contributed by atoms with E-state index in [9.17, 15) is 0 Å². The van der Waals surface area contributed by atoms with Gasteiger partial charge in [-0.3, -0.25) is 4.90 Å². The van der Waals surface area contributed by atoms with E-state index in [0.29, 0.717) is 11.6 Å². The monoisotopic (exact) mass is 341 g/mol. The van der Waals surface area contributed by atoms with Crippen LogP contribution >= 0.6 is 11.3 Å². The largest absolute Gasteiger partial charge is 0.370 e. The zero-order valence-corrected chi connectivity index (χ0v) is 15.1. The van der Waals surface area contributed by atoms with Crippen LogP contribution in [0.4, 0.5) is 5.82 Å². The zero-order chi connectivity index (χ0) is 16.9. The van der Waals surface area contributed by atoms with E-state index in [1.165, 1.54) is 18.5 Å². The van der Waals surface area contributed by atoms with Gasteiger partial charge in [0.1, 0.15) is 17.6 Å². The molecule has 2 aromatic rings. The SMILES string of the molecule is Cc1nc(CN2CCC(CNc3ccc(C)c(C#N)n3)CC2)cs1. The minimum atomic E-state index is 0.508. The topological polar surface area (TPSA) is 64.8 Å². The van der Waals surface area contributed by atoms with E-state index in [2.05, 4.69) is 38.6 Å².